The van der Waals surface area contributed by atoms with Crippen LogP contribution in [0.5, 0.6) is 0 Å². The largest absolute Gasteiger partial charge is 0.295 e. The Morgan fingerprint density at radius 1 is 1.05 bits per heavy atom. The first kappa shape index (κ1) is 14.8. The Morgan fingerprint density at radius 2 is 1.82 bits per heavy atom. The standard InChI is InChI=1S/C17H17NO3S/c1-12(19)14-5-3-7-17(11-14)22(20,21)18-16-9-8-13-4-2-6-15(13)10-16/h3,5,7-11,18H,2,4,6H2,1H3. The van der Waals surface area contributed by atoms with E-state index in [2.05, 4.69) is 4.72 Å². The van der Waals surface area contributed by atoms with Crippen molar-refractivity contribution in [3.05, 3.63) is 59.2 Å². The van der Waals surface area contributed by atoms with E-state index < -0.39 is 10.0 Å². The zero-order valence-electron chi connectivity index (χ0n) is 12.3. The molecule has 22 heavy (non-hydrogen) atoms. The van der Waals surface area contributed by atoms with E-state index >= 15 is 0 Å². The van der Waals surface area contributed by atoms with Crippen LogP contribution in [0.1, 0.15) is 34.8 Å². The molecule has 4 nitrogen and oxygen atoms in total. The van der Waals surface area contributed by atoms with Crippen molar-refractivity contribution < 1.29 is 13.2 Å². The number of sulfonamides is 1. The number of ketones is 1. The van der Waals surface area contributed by atoms with Crippen molar-refractivity contribution in [1.82, 2.24) is 0 Å². The summed E-state index contributed by atoms with van der Waals surface area (Å²) in [6.07, 6.45) is 3.17. The highest BCUT2D eigenvalue weighted by Gasteiger charge is 2.17. The van der Waals surface area contributed by atoms with E-state index in [9.17, 15) is 13.2 Å². The number of aryl methyl sites for hydroxylation is 2. The summed E-state index contributed by atoms with van der Waals surface area (Å²) >= 11 is 0. The molecule has 0 radical (unpaired) electrons. The lowest BCUT2D eigenvalue weighted by atomic mass is 10.1. The maximum Gasteiger partial charge on any atom is 0.261 e. The fourth-order valence-corrected chi connectivity index (χ4v) is 3.83. The molecule has 0 fully saturated rings. The summed E-state index contributed by atoms with van der Waals surface area (Å²) in [5, 5.41) is 0. The molecule has 1 aliphatic carbocycles. The van der Waals surface area contributed by atoms with Crippen LogP contribution in [-0.4, -0.2) is 14.2 Å². The average Bonchev–Trinajstić information content (AvgIpc) is 2.94. The quantitative estimate of drug-likeness (QED) is 0.881. The molecule has 114 valence electrons. The first-order chi connectivity index (χ1) is 10.5. The van der Waals surface area contributed by atoms with Gasteiger partial charge in [0.2, 0.25) is 0 Å². The predicted molar refractivity (Wildman–Crippen MR) is 85.7 cm³/mol. The number of hydrogen-bond donors (Lipinski definition) is 1. The van der Waals surface area contributed by atoms with Crippen LogP contribution in [0.3, 0.4) is 0 Å². The van der Waals surface area contributed by atoms with Crippen molar-refractivity contribution in [2.24, 2.45) is 0 Å². The zero-order valence-corrected chi connectivity index (χ0v) is 13.1. The summed E-state index contributed by atoms with van der Waals surface area (Å²) in [4.78, 5) is 11.5. The van der Waals surface area contributed by atoms with Gasteiger partial charge >= 0.3 is 0 Å². The molecule has 0 heterocycles. The van der Waals surface area contributed by atoms with Crippen LogP contribution in [0.15, 0.2) is 47.4 Å². The summed E-state index contributed by atoms with van der Waals surface area (Å²) in [6, 6.07) is 11.7. The minimum atomic E-state index is -3.69. The third-order valence-electron chi connectivity index (χ3n) is 3.90. The van der Waals surface area contributed by atoms with Gasteiger partial charge in [-0.1, -0.05) is 18.2 Å². The van der Waals surface area contributed by atoms with Crippen LogP contribution in [0, 0.1) is 0 Å². The lowest BCUT2D eigenvalue weighted by Gasteiger charge is -2.10. The number of benzene rings is 2. The van der Waals surface area contributed by atoms with E-state index in [1.54, 1.807) is 18.2 Å². The minimum absolute atomic E-state index is 0.0979. The molecule has 0 unspecified atom stereocenters. The summed E-state index contributed by atoms with van der Waals surface area (Å²) < 4.78 is 27.5. The topological polar surface area (TPSA) is 63.2 Å². The van der Waals surface area contributed by atoms with Crippen molar-refractivity contribution in [3.8, 4) is 0 Å². The van der Waals surface area contributed by atoms with Crippen LogP contribution in [0.2, 0.25) is 0 Å². The van der Waals surface area contributed by atoms with Crippen molar-refractivity contribution in [2.75, 3.05) is 4.72 Å². The maximum atomic E-state index is 12.5. The normalized spacial score (nSPS) is 13.7. The van der Waals surface area contributed by atoms with E-state index in [0.29, 0.717) is 11.3 Å². The van der Waals surface area contributed by atoms with E-state index in [1.165, 1.54) is 30.2 Å². The molecule has 0 atom stereocenters. The van der Waals surface area contributed by atoms with Gasteiger partial charge in [-0.05, 0) is 61.6 Å². The summed E-state index contributed by atoms with van der Waals surface area (Å²) in [6.45, 7) is 1.42. The van der Waals surface area contributed by atoms with Crippen molar-refractivity contribution >= 4 is 21.5 Å². The van der Waals surface area contributed by atoms with E-state index in [-0.39, 0.29) is 10.7 Å². The molecule has 2 aromatic carbocycles. The van der Waals surface area contributed by atoms with Crippen LogP contribution >= 0.6 is 0 Å². The Hall–Kier alpha value is -2.14. The molecule has 0 spiro atoms. The number of rotatable bonds is 4. The van der Waals surface area contributed by atoms with Gasteiger partial charge in [0.05, 0.1) is 4.90 Å². The number of fused-ring (bicyclic) bond motifs is 1. The molecule has 1 aliphatic rings. The van der Waals surface area contributed by atoms with Gasteiger partial charge in [-0.3, -0.25) is 9.52 Å². The smallest absolute Gasteiger partial charge is 0.261 e. The van der Waals surface area contributed by atoms with Gasteiger partial charge in [-0.25, -0.2) is 8.42 Å². The van der Waals surface area contributed by atoms with E-state index in [0.717, 1.165) is 19.3 Å². The van der Waals surface area contributed by atoms with Crippen LogP contribution in [-0.2, 0) is 22.9 Å². The number of nitrogens with one attached hydrogen (secondary N) is 1. The third-order valence-corrected chi connectivity index (χ3v) is 5.28. The second-order valence-electron chi connectivity index (χ2n) is 5.53. The van der Waals surface area contributed by atoms with Crippen molar-refractivity contribution in [1.29, 1.82) is 0 Å². The van der Waals surface area contributed by atoms with Gasteiger partial charge in [0.15, 0.2) is 5.78 Å². The van der Waals surface area contributed by atoms with Gasteiger partial charge in [0.25, 0.3) is 10.0 Å². The maximum absolute atomic E-state index is 12.5. The summed E-state index contributed by atoms with van der Waals surface area (Å²) in [5.74, 6) is -0.158. The monoisotopic (exact) mass is 315 g/mol. The Balaban J connectivity index is 1.90. The molecule has 0 saturated carbocycles. The lowest BCUT2D eigenvalue weighted by Crippen LogP contribution is -2.13. The zero-order chi connectivity index (χ0) is 15.7. The second-order valence-corrected chi connectivity index (χ2v) is 7.21. The molecule has 0 saturated heterocycles. The van der Waals surface area contributed by atoms with Crippen LogP contribution in [0.4, 0.5) is 5.69 Å². The number of carbonyl (C=O) groups excluding carboxylic acids is 1. The number of hydrogen-bond acceptors (Lipinski definition) is 3. The fraction of sp³-hybridized carbons (Fsp3) is 0.235. The van der Waals surface area contributed by atoms with Crippen LogP contribution < -0.4 is 4.72 Å². The lowest BCUT2D eigenvalue weighted by molar-refractivity contribution is 0.101. The second kappa shape index (κ2) is 5.57. The first-order valence-corrected chi connectivity index (χ1v) is 8.70. The molecule has 0 amide bonds. The van der Waals surface area contributed by atoms with Gasteiger partial charge < -0.3 is 0 Å². The van der Waals surface area contributed by atoms with E-state index in [1.807, 2.05) is 12.1 Å². The van der Waals surface area contributed by atoms with Crippen molar-refractivity contribution in [2.45, 2.75) is 31.1 Å². The number of anilines is 1. The Kier molecular flexibility index (Phi) is 3.74. The number of Topliss-reactive ketones (excluding diaryl/α,β-unsaturated/α-hetero) is 1. The molecular formula is C17H17NO3S. The predicted octanol–water partition coefficient (Wildman–Crippen LogP) is 3.18. The SMILES string of the molecule is CC(=O)c1cccc(S(=O)(=O)Nc2ccc3c(c2)CCC3)c1. The Labute approximate surface area is 130 Å². The van der Waals surface area contributed by atoms with Gasteiger partial charge in [0, 0.05) is 11.3 Å². The minimum Gasteiger partial charge on any atom is -0.295 e. The fourth-order valence-electron chi connectivity index (χ4n) is 2.73. The summed E-state index contributed by atoms with van der Waals surface area (Å²) in [7, 11) is -3.69. The van der Waals surface area contributed by atoms with E-state index in [4.69, 9.17) is 0 Å². The molecule has 1 N–H and O–H groups in total. The van der Waals surface area contributed by atoms with Gasteiger partial charge in [-0.15, -0.1) is 0 Å². The highest BCUT2D eigenvalue weighted by Crippen LogP contribution is 2.26. The molecule has 0 aromatic heterocycles. The summed E-state index contributed by atoms with van der Waals surface area (Å²) in [5.41, 5.74) is 3.45. The van der Waals surface area contributed by atoms with Crippen molar-refractivity contribution in [3.63, 3.8) is 0 Å². The molecule has 3 rings (SSSR count). The molecular weight excluding hydrogens is 298 g/mol. The van der Waals surface area contributed by atoms with Gasteiger partial charge in [-0.2, -0.15) is 0 Å². The van der Waals surface area contributed by atoms with Gasteiger partial charge in [0.1, 0.15) is 0 Å². The first-order valence-electron chi connectivity index (χ1n) is 7.21. The highest BCUT2D eigenvalue weighted by atomic mass is 32.2. The highest BCUT2D eigenvalue weighted by molar-refractivity contribution is 7.92. The third kappa shape index (κ3) is 2.90. The molecule has 0 bridgehead atoms. The number of carbonyl (C=O) groups is 1. The molecule has 0 aliphatic heterocycles. The molecule has 5 heteroatoms. The Bertz CT molecular complexity index is 841. The Morgan fingerprint density at radius 3 is 2.59 bits per heavy atom. The average molecular weight is 315 g/mol. The van der Waals surface area contributed by atoms with Crippen LogP contribution in [0.25, 0.3) is 0 Å². The molecule has 2 aromatic rings.